The molecule has 0 saturated carbocycles. The van der Waals surface area contributed by atoms with Gasteiger partial charge in [0.2, 0.25) is 0 Å². The summed E-state index contributed by atoms with van der Waals surface area (Å²) in [5.74, 6) is 5.78. The topological polar surface area (TPSA) is 88.0 Å². The van der Waals surface area contributed by atoms with Crippen molar-refractivity contribution in [1.29, 1.82) is 0 Å². The minimum Gasteiger partial charge on any atom is -0.495 e. The number of likely N-dealkylation sites (N-methyl/N-ethyl adjacent to an activating group) is 1. The highest BCUT2D eigenvalue weighted by Gasteiger charge is 2.33. The van der Waals surface area contributed by atoms with Crippen molar-refractivity contribution in [3.05, 3.63) is 53.5 Å². The van der Waals surface area contributed by atoms with Crippen LogP contribution in [0.5, 0.6) is 5.75 Å². The molecule has 0 bridgehead atoms. The molecule has 2 atom stereocenters. The number of nitrogens with one attached hydrogen (secondary N) is 2. The third kappa shape index (κ3) is 6.81. The Morgan fingerprint density at radius 2 is 2.05 bits per heavy atom. The average Bonchev–Trinajstić information content (AvgIpc) is 3.09. The van der Waals surface area contributed by atoms with Gasteiger partial charge < -0.3 is 24.7 Å². The minimum absolute atomic E-state index is 0.0177. The molecule has 210 valence electrons. The Morgan fingerprint density at radius 3 is 2.74 bits per heavy atom. The van der Waals surface area contributed by atoms with E-state index in [9.17, 15) is 21.6 Å². The first-order valence-electron chi connectivity index (χ1n) is 12.1. The van der Waals surface area contributed by atoms with Crippen molar-refractivity contribution < 1.29 is 30.7 Å². The molecule has 0 radical (unpaired) electrons. The molecule has 1 aliphatic heterocycles. The highest BCUT2D eigenvalue weighted by atomic mass is 32.2. The maximum absolute atomic E-state index is 15.1. The van der Waals surface area contributed by atoms with Crippen LogP contribution in [-0.2, 0) is 16.3 Å². The number of rotatable bonds is 6. The first kappa shape index (κ1) is 28.7. The number of aromatic nitrogens is 2. The number of sulfone groups is 1. The Hall–Kier alpha value is -3.34. The number of benzene rings is 1. The zero-order valence-electron chi connectivity index (χ0n) is 21.6. The van der Waals surface area contributed by atoms with Crippen molar-refractivity contribution >= 4 is 21.2 Å². The summed E-state index contributed by atoms with van der Waals surface area (Å²) in [7, 11) is -0.236. The Morgan fingerprint density at radius 1 is 1.28 bits per heavy atom. The third-order valence-corrected chi connectivity index (χ3v) is 7.47. The van der Waals surface area contributed by atoms with E-state index in [1.165, 1.54) is 35.9 Å². The van der Waals surface area contributed by atoms with Gasteiger partial charge in [0.25, 0.3) is 0 Å². The van der Waals surface area contributed by atoms with Crippen molar-refractivity contribution in [3.63, 3.8) is 0 Å². The molecular formula is C26H29F4N5O3S. The second kappa shape index (κ2) is 11.4. The highest BCUT2D eigenvalue weighted by Crippen LogP contribution is 2.30. The van der Waals surface area contributed by atoms with Crippen LogP contribution in [0.1, 0.15) is 23.0 Å². The van der Waals surface area contributed by atoms with Gasteiger partial charge in [0.15, 0.2) is 9.84 Å². The van der Waals surface area contributed by atoms with Gasteiger partial charge >= 0.3 is 6.18 Å². The van der Waals surface area contributed by atoms with Crippen LogP contribution in [-0.4, -0.2) is 81.6 Å². The van der Waals surface area contributed by atoms with Gasteiger partial charge in [0, 0.05) is 43.7 Å². The third-order valence-electron chi connectivity index (χ3n) is 6.36. The highest BCUT2D eigenvalue weighted by molar-refractivity contribution is 7.90. The Labute approximate surface area is 224 Å². The number of pyridine rings is 1. The predicted octanol–water partition coefficient (Wildman–Crippen LogP) is 3.23. The van der Waals surface area contributed by atoms with Crippen LogP contribution < -0.4 is 15.4 Å². The van der Waals surface area contributed by atoms with Gasteiger partial charge in [-0.25, -0.2) is 17.8 Å². The van der Waals surface area contributed by atoms with Gasteiger partial charge in [-0.1, -0.05) is 12.0 Å². The first-order valence-corrected chi connectivity index (χ1v) is 14.0. The van der Waals surface area contributed by atoms with Gasteiger partial charge in [0.1, 0.15) is 23.3 Å². The van der Waals surface area contributed by atoms with E-state index < -0.39 is 34.6 Å². The minimum atomic E-state index is -4.51. The summed E-state index contributed by atoms with van der Waals surface area (Å²) in [5, 5.41) is 6.13. The van der Waals surface area contributed by atoms with Crippen molar-refractivity contribution in [2.24, 2.45) is 0 Å². The molecule has 13 heteroatoms. The molecule has 1 saturated heterocycles. The van der Waals surface area contributed by atoms with Crippen LogP contribution in [0, 0.1) is 11.8 Å². The fourth-order valence-electron chi connectivity index (χ4n) is 4.49. The number of fused-ring (bicyclic) bond motifs is 1. The standard InChI is InChI=1S/C26H29F4N5O3S/c1-34-13-11-32-24(19(27)16-34)18-6-5-12-35-22(15-26(28,29)30)20(33-25(18)35)7-4-10-31-21-9-8-17(39(3,36)37)14-23(21)38-2/h5-6,8-9,12,14,19,24,31-32H,10-11,13,15-16H2,1-3H3/t19-,24-/m0/s1. The van der Waals surface area contributed by atoms with E-state index in [-0.39, 0.29) is 40.8 Å². The second-order valence-corrected chi connectivity index (χ2v) is 11.4. The largest absolute Gasteiger partial charge is 0.495 e. The van der Waals surface area contributed by atoms with Crippen LogP contribution in [0.2, 0.25) is 0 Å². The predicted molar refractivity (Wildman–Crippen MR) is 140 cm³/mol. The molecule has 3 aromatic rings. The summed E-state index contributed by atoms with van der Waals surface area (Å²) in [6, 6.07) is 6.82. The summed E-state index contributed by atoms with van der Waals surface area (Å²) in [5.41, 5.74) is 0.956. The monoisotopic (exact) mass is 567 g/mol. The fourth-order valence-corrected chi connectivity index (χ4v) is 5.13. The maximum Gasteiger partial charge on any atom is 0.394 e. The number of anilines is 1. The number of methoxy groups -OCH3 is 1. The van der Waals surface area contributed by atoms with Gasteiger partial charge in [-0.3, -0.25) is 0 Å². The number of ether oxygens (including phenoxy) is 1. The Kier molecular flexibility index (Phi) is 8.39. The molecule has 0 spiro atoms. The van der Waals surface area contributed by atoms with E-state index in [1.54, 1.807) is 12.1 Å². The lowest BCUT2D eigenvalue weighted by molar-refractivity contribution is -0.128. The number of imidazole rings is 1. The zero-order chi connectivity index (χ0) is 28.4. The van der Waals surface area contributed by atoms with E-state index in [0.717, 1.165) is 6.26 Å². The normalized spacial score (nSPS) is 18.8. The molecule has 3 heterocycles. The summed E-state index contributed by atoms with van der Waals surface area (Å²) >= 11 is 0. The Bertz CT molecular complexity index is 1510. The summed E-state index contributed by atoms with van der Waals surface area (Å²) in [4.78, 5) is 6.36. The molecule has 4 rings (SSSR count). The van der Waals surface area contributed by atoms with Gasteiger partial charge in [0.05, 0.1) is 42.4 Å². The molecule has 1 aliphatic rings. The smallest absolute Gasteiger partial charge is 0.394 e. The second-order valence-electron chi connectivity index (χ2n) is 9.36. The number of alkyl halides is 4. The summed E-state index contributed by atoms with van der Waals surface area (Å²) in [6.45, 7) is 1.36. The van der Waals surface area contributed by atoms with E-state index >= 15 is 4.39 Å². The van der Waals surface area contributed by atoms with Crippen LogP contribution in [0.3, 0.4) is 0 Å². The van der Waals surface area contributed by atoms with Crippen molar-refractivity contribution in [2.45, 2.75) is 29.7 Å². The molecule has 1 fully saturated rings. The van der Waals surface area contributed by atoms with Crippen molar-refractivity contribution in [3.8, 4) is 17.6 Å². The number of hydrogen-bond acceptors (Lipinski definition) is 7. The van der Waals surface area contributed by atoms with Gasteiger partial charge in [-0.2, -0.15) is 13.2 Å². The number of nitrogens with zero attached hydrogens (tertiary/aromatic N) is 3. The molecule has 2 N–H and O–H groups in total. The molecule has 8 nitrogen and oxygen atoms in total. The molecule has 0 aliphatic carbocycles. The van der Waals surface area contributed by atoms with Crippen LogP contribution in [0.4, 0.5) is 23.2 Å². The van der Waals surface area contributed by atoms with Gasteiger partial charge in [-0.05, 0) is 31.2 Å². The SMILES string of the molecule is COc1cc(S(C)(=O)=O)ccc1NCC#Cc1nc2c([C@@H]3NCCN(C)C[C@@H]3F)cccn2c1CC(F)(F)F. The fraction of sp³-hybridized carbons (Fsp3) is 0.423. The summed E-state index contributed by atoms with van der Waals surface area (Å²) < 4.78 is 85.8. The quantitative estimate of drug-likeness (QED) is 0.350. The molecule has 39 heavy (non-hydrogen) atoms. The molecule has 2 aromatic heterocycles. The number of hydrogen-bond donors (Lipinski definition) is 2. The van der Waals surface area contributed by atoms with Crippen molar-refractivity contribution in [2.75, 3.05) is 51.9 Å². The average molecular weight is 568 g/mol. The Balaban J connectivity index is 1.66. The van der Waals surface area contributed by atoms with E-state index in [1.807, 2.05) is 11.9 Å². The van der Waals surface area contributed by atoms with Crippen LogP contribution in [0.25, 0.3) is 5.65 Å². The van der Waals surface area contributed by atoms with Crippen LogP contribution >= 0.6 is 0 Å². The molecular weight excluding hydrogens is 538 g/mol. The summed E-state index contributed by atoms with van der Waals surface area (Å²) in [6.07, 6.45) is -4.50. The van der Waals surface area contributed by atoms with Gasteiger partial charge in [-0.15, -0.1) is 0 Å². The molecule has 0 amide bonds. The lowest BCUT2D eigenvalue weighted by Gasteiger charge is -2.21. The maximum atomic E-state index is 15.1. The first-order chi connectivity index (χ1) is 18.4. The van der Waals surface area contributed by atoms with Crippen molar-refractivity contribution in [1.82, 2.24) is 19.6 Å². The lowest BCUT2D eigenvalue weighted by Crippen LogP contribution is -2.31. The van der Waals surface area contributed by atoms with Crippen LogP contribution in [0.15, 0.2) is 41.4 Å². The van der Waals surface area contributed by atoms with E-state index in [2.05, 4.69) is 27.5 Å². The molecule has 1 aromatic carbocycles. The van der Waals surface area contributed by atoms with E-state index in [4.69, 9.17) is 4.74 Å². The zero-order valence-corrected chi connectivity index (χ0v) is 22.5. The number of halogens is 4. The molecule has 0 unspecified atom stereocenters. The van der Waals surface area contributed by atoms with E-state index in [0.29, 0.717) is 24.3 Å². The lowest BCUT2D eigenvalue weighted by atomic mass is 10.0.